The molecule has 0 aliphatic heterocycles. The van der Waals surface area contributed by atoms with Crippen molar-refractivity contribution in [2.45, 2.75) is 6.92 Å². The van der Waals surface area contributed by atoms with Crippen LogP contribution in [0.1, 0.15) is 23.1 Å². The first-order valence-corrected chi connectivity index (χ1v) is 7.50. The number of carbonyl (C=O) groups excluding carboxylic acids is 1. The van der Waals surface area contributed by atoms with Gasteiger partial charge in [0.2, 0.25) is 5.82 Å². The van der Waals surface area contributed by atoms with Gasteiger partial charge in [-0.15, -0.1) is 10.2 Å². The van der Waals surface area contributed by atoms with Crippen LogP contribution in [0, 0.1) is 11.3 Å². The van der Waals surface area contributed by atoms with Crippen molar-refractivity contribution in [3.05, 3.63) is 66.1 Å². The Labute approximate surface area is 144 Å². The summed E-state index contributed by atoms with van der Waals surface area (Å²) in [6, 6.07) is 17.1. The molecule has 0 spiro atoms. The monoisotopic (exact) mass is 330 g/mol. The van der Waals surface area contributed by atoms with E-state index in [4.69, 9.17) is 0 Å². The Bertz CT molecular complexity index is 969. The Hall–Kier alpha value is -3.79. The number of tetrazole rings is 1. The van der Waals surface area contributed by atoms with E-state index in [9.17, 15) is 10.1 Å². The SMILES string of the molecule is CC(=O)c1cccc(-c2ccccc2NC=C(C#N)c2nn[nH]n2)c1. The number of allylic oxidation sites excluding steroid dienone is 1. The van der Waals surface area contributed by atoms with Crippen molar-refractivity contribution in [2.24, 2.45) is 0 Å². The van der Waals surface area contributed by atoms with Crippen LogP contribution in [-0.4, -0.2) is 26.4 Å². The van der Waals surface area contributed by atoms with Crippen LogP contribution in [0.2, 0.25) is 0 Å². The van der Waals surface area contributed by atoms with Gasteiger partial charge >= 0.3 is 0 Å². The number of ketones is 1. The zero-order chi connectivity index (χ0) is 17.6. The second-order valence-corrected chi connectivity index (χ2v) is 5.23. The Kier molecular flexibility index (Phi) is 4.62. The van der Waals surface area contributed by atoms with Crippen LogP contribution in [0.15, 0.2) is 54.7 Å². The highest BCUT2D eigenvalue weighted by atomic mass is 16.1. The molecule has 1 heterocycles. The Morgan fingerprint density at radius 1 is 1.24 bits per heavy atom. The minimum Gasteiger partial charge on any atom is -0.360 e. The Morgan fingerprint density at radius 2 is 2.08 bits per heavy atom. The Morgan fingerprint density at radius 3 is 2.80 bits per heavy atom. The molecule has 2 N–H and O–H groups in total. The van der Waals surface area contributed by atoms with Crippen LogP contribution in [0.3, 0.4) is 0 Å². The van der Waals surface area contributed by atoms with E-state index in [1.807, 2.05) is 48.5 Å². The molecule has 122 valence electrons. The van der Waals surface area contributed by atoms with Crippen molar-refractivity contribution >= 4 is 17.0 Å². The van der Waals surface area contributed by atoms with Crippen LogP contribution in [0.25, 0.3) is 16.7 Å². The third-order valence-electron chi connectivity index (χ3n) is 3.59. The van der Waals surface area contributed by atoms with E-state index >= 15 is 0 Å². The summed E-state index contributed by atoms with van der Waals surface area (Å²) in [6.45, 7) is 1.54. The van der Waals surface area contributed by atoms with Gasteiger partial charge in [-0.25, -0.2) is 0 Å². The number of aromatic nitrogens is 4. The van der Waals surface area contributed by atoms with Crippen molar-refractivity contribution in [2.75, 3.05) is 5.32 Å². The number of hydrogen-bond donors (Lipinski definition) is 2. The summed E-state index contributed by atoms with van der Waals surface area (Å²) in [5.74, 6) is 0.224. The third-order valence-corrected chi connectivity index (χ3v) is 3.59. The smallest absolute Gasteiger partial charge is 0.216 e. The van der Waals surface area contributed by atoms with Crippen molar-refractivity contribution in [1.29, 1.82) is 5.26 Å². The summed E-state index contributed by atoms with van der Waals surface area (Å²) in [4.78, 5) is 11.6. The fourth-order valence-electron chi connectivity index (χ4n) is 2.34. The molecule has 0 saturated heterocycles. The van der Waals surface area contributed by atoms with Gasteiger partial charge in [-0.1, -0.05) is 36.4 Å². The summed E-state index contributed by atoms with van der Waals surface area (Å²) in [6.07, 6.45) is 1.53. The molecule has 0 fully saturated rings. The number of rotatable bonds is 5. The second kappa shape index (κ2) is 7.19. The molecule has 0 unspecified atom stereocenters. The van der Waals surface area contributed by atoms with E-state index in [0.29, 0.717) is 5.56 Å². The van der Waals surface area contributed by atoms with E-state index in [2.05, 4.69) is 25.9 Å². The molecule has 7 heteroatoms. The molecule has 0 aliphatic carbocycles. The van der Waals surface area contributed by atoms with E-state index in [1.165, 1.54) is 13.1 Å². The van der Waals surface area contributed by atoms with Crippen LogP contribution in [0.4, 0.5) is 5.69 Å². The molecule has 25 heavy (non-hydrogen) atoms. The highest BCUT2D eigenvalue weighted by Crippen LogP contribution is 2.29. The molecule has 2 aromatic carbocycles. The number of carbonyl (C=O) groups is 1. The molecular weight excluding hydrogens is 316 g/mol. The lowest BCUT2D eigenvalue weighted by atomic mass is 10.00. The maximum atomic E-state index is 11.6. The number of Topliss-reactive ketones (excluding diaryl/α,β-unsaturated/α-hetero) is 1. The number of nitrogens with one attached hydrogen (secondary N) is 2. The minimum atomic E-state index is 0.0102. The van der Waals surface area contributed by atoms with Gasteiger partial charge in [-0.05, 0) is 29.8 Å². The first-order valence-electron chi connectivity index (χ1n) is 7.50. The largest absolute Gasteiger partial charge is 0.360 e. The van der Waals surface area contributed by atoms with E-state index in [-0.39, 0.29) is 17.2 Å². The molecule has 0 aliphatic rings. The van der Waals surface area contributed by atoms with Gasteiger partial charge in [-0.3, -0.25) is 4.79 Å². The average Bonchev–Trinajstić information content (AvgIpc) is 3.17. The number of anilines is 1. The molecule has 3 aromatic rings. The Balaban J connectivity index is 1.96. The first-order chi connectivity index (χ1) is 12.2. The lowest BCUT2D eigenvalue weighted by molar-refractivity contribution is 0.101. The highest BCUT2D eigenvalue weighted by Gasteiger charge is 2.08. The molecular formula is C18H14N6O. The number of para-hydroxylation sites is 1. The molecule has 0 radical (unpaired) electrons. The third kappa shape index (κ3) is 3.59. The van der Waals surface area contributed by atoms with Crippen molar-refractivity contribution in [3.8, 4) is 17.2 Å². The molecule has 0 saturated carbocycles. The van der Waals surface area contributed by atoms with Gasteiger partial charge in [0.1, 0.15) is 11.6 Å². The van der Waals surface area contributed by atoms with Crippen LogP contribution in [-0.2, 0) is 0 Å². The summed E-state index contributed by atoms with van der Waals surface area (Å²) < 4.78 is 0. The van der Waals surface area contributed by atoms with Gasteiger partial charge in [0, 0.05) is 23.0 Å². The average molecular weight is 330 g/mol. The maximum Gasteiger partial charge on any atom is 0.216 e. The number of nitriles is 1. The zero-order valence-electron chi connectivity index (χ0n) is 13.4. The topological polar surface area (TPSA) is 107 Å². The van der Waals surface area contributed by atoms with Gasteiger partial charge in [-0.2, -0.15) is 10.5 Å². The molecule has 3 rings (SSSR count). The molecule has 0 amide bonds. The van der Waals surface area contributed by atoms with Crippen molar-refractivity contribution in [1.82, 2.24) is 20.6 Å². The lowest BCUT2D eigenvalue weighted by Gasteiger charge is -2.10. The second-order valence-electron chi connectivity index (χ2n) is 5.23. The van der Waals surface area contributed by atoms with E-state index in [0.717, 1.165) is 16.8 Å². The predicted octanol–water partition coefficient (Wildman–Crippen LogP) is 3.05. The normalized spacial score (nSPS) is 11.0. The van der Waals surface area contributed by atoms with Gasteiger partial charge in [0.25, 0.3) is 0 Å². The van der Waals surface area contributed by atoms with Gasteiger partial charge < -0.3 is 5.32 Å². The summed E-state index contributed by atoms with van der Waals surface area (Å²) in [5, 5.41) is 25.7. The molecule has 0 atom stereocenters. The summed E-state index contributed by atoms with van der Waals surface area (Å²) in [7, 11) is 0. The first kappa shape index (κ1) is 16.1. The van der Waals surface area contributed by atoms with Crippen LogP contribution < -0.4 is 5.32 Å². The fourth-order valence-corrected chi connectivity index (χ4v) is 2.34. The standard InChI is InChI=1S/C18H14N6O/c1-12(25)13-5-4-6-14(9-13)16-7-2-3-8-17(16)20-11-15(10-19)18-21-23-24-22-18/h2-9,11,20H,1H3,(H,21,22,23,24). The summed E-state index contributed by atoms with van der Waals surface area (Å²) in [5.41, 5.74) is 3.50. The molecule has 0 bridgehead atoms. The van der Waals surface area contributed by atoms with Crippen molar-refractivity contribution in [3.63, 3.8) is 0 Å². The lowest BCUT2D eigenvalue weighted by Crippen LogP contribution is -1.96. The number of nitrogens with zero attached hydrogens (tertiary/aromatic N) is 4. The van der Waals surface area contributed by atoms with Crippen LogP contribution in [0.5, 0.6) is 0 Å². The number of benzene rings is 2. The predicted molar refractivity (Wildman–Crippen MR) is 93.3 cm³/mol. The number of aromatic amines is 1. The number of H-pyrrole nitrogens is 1. The minimum absolute atomic E-state index is 0.0102. The highest BCUT2D eigenvalue weighted by molar-refractivity contribution is 5.96. The maximum absolute atomic E-state index is 11.6. The number of hydrogen-bond acceptors (Lipinski definition) is 6. The van der Waals surface area contributed by atoms with Crippen molar-refractivity contribution < 1.29 is 4.79 Å². The summed E-state index contributed by atoms with van der Waals surface area (Å²) >= 11 is 0. The fraction of sp³-hybridized carbons (Fsp3) is 0.0556. The van der Waals surface area contributed by atoms with E-state index < -0.39 is 0 Å². The quantitative estimate of drug-likeness (QED) is 0.550. The molecule has 7 nitrogen and oxygen atoms in total. The molecule has 1 aromatic heterocycles. The van der Waals surface area contributed by atoms with Crippen LogP contribution >= 0.6 is 0 Å². The van der Waals surface area contributed by atoms with E-state index in [1.54, 1.807) is 6.07 Å². The zero-order valence-corrected chi connectivity index (χ0v) is 13.4. The van der Waals surface area contributed by atoms with Gasteiger partial charge in [0.15, 0.2) is 5.78 Å². The van der Waals surface area contributed by atoms with Gasteiger partial charge in [0.05, 0.1) is 0 Å².